The Morgan fingerprint density at radius 2 is 1.88 bits per heavy atom. The second-order valence-corrected chi connectivity index (χ2v) is 7.18. The summed E-state index contributed by atoms with van der Waals surface area (Å²) in [4.78, 5) is 26.4. The molecule has 0 radical (unpaired) electrons. The van der Waals surface area contributed by atoms with Crippen molar-refractivity contribution in [2.75, 3.05) is 32.7 Å². The quantitative estimate of drug-likeness (QED) is 0.656. The van der Waals surface area contributed by atoms with Gasteiger partial charge in [-0.25, -0.2) is 0 Å². The second kappa shape index (κ2) is 10.9. The van der Waals surface area contributed by atoms with Crippen molar-refractivity contribution in [3.8, 4) is 0 Å². The van der Waals surface area contributed by atoms with E-state index in [1.807, 2.05) is 0 Å². The van der Waals surface area contributed by atoms with Crippen LogP contribution in [0.5, 0.6) is 0 Å². The van der Waals surface area contributed by atoms with Crippen LogP contribution in [0.1, 0.15) is 45.4 Å². The van der Waals surface area contributed by atoms with E-state index in [4.69, 9.17) is 5.73 Å². The number of carbonyl (C=O) groups excluding carboxylic acids is 2. The summed E-state index contributed by atoms with van der Waals surface area (Å²) in [7, 11) is 0. The zero-order valence-electron chi connectivity index (χ0n) is 14.8. The molecule has 2 amide bonds. The summed E-state index contributed by atoms with van der Waals surface area (Å²) in [6, 6.07) is 0.340. The Balaban J connectivity index is 0.00000288. The SMILES string of the molecule is CC1CCC(NC(=O)CN2CCCC(C(=O)NCCN)C2)CC1.Cl. The molecule has 2 rings (SSSR count). The average Bonchev–Trinajstić information content (AvgIpc) is 2.55. The topological polar surface area (TPSA) is 87.5 Å². The number of likely N-dealkylation sites (tertiary alicyclic amines) is 1. The van der Waals surface area contributed by atoms with E-state index in [2.05, 4.69) is 22.5 Å². The maximum Gasteiger partial charge on any atom is 0.234 e. The number of nitrogens with two attached hydrogens (primary N) is 1. The van der Waals surface area contributed by atoms with Gasteiger partial charge in [-0.1, -0.05) is 6.92 Å². The summed E-state index contributed by atoms with van der Waals surface area (Å²) in [5.41, 5.74) is 5.42. The van der Waals surface area contributed by atoms with Gasteiger partial charge in [0.15, 0.2) is 0 Å². The first-order valence-corrected chi connectivity index (χ1v) is 9.08. The lowest BCUT2D eigenvalue weighted by atomic mass is 9.87. The highest BCUT2D eigenvalue weighted by molar-refractivity contribution is 5.85. The summed E-state index contributed by atoms with van der Waals surface area (Å²) in [6.07, 6.45) is 6.47. The third-order valence-corrected chi connectivity index (χ3v) is 5.07. The first-order chi connectivity index (χ1) is 11.1. The predicted molar refractivity (Wildman–Crippen MR) is 98.0 cm³/mol. The standard InChI is InChI=1S/C17H32N4O2.ClH/c1-13-4-6-15(7-5-13)20-16(22)12-21-10-2-3-14(11-21)17(23)19-9-8-18;/h13-15H,2-12,18H2,1H3,(H,19,23)(H,20,22);1H. The fourth-order valence-corrected chi connectivity index (χ4v) is 3.63. The lowest BCUT2D eigenvalue weighted by Gasteiger charge is -2.32. The minimum atomic E-state index is -0.0152. The fraction of sp³-hybridized carbons (Fsp3) is 0.882. The molecule has 1 unspecified atom stereocenters. The van der Waals surface area contributed by atoms with Crippen LogP contribution in [-0.4, -0.2) is 55.5 Å². The molecule has 1 saturated heterocycles. The maximum absolute atomic E-state index is 12.2. The number of piperidine rings is 1. The van der Waals surface area contributed by atoms with E-state index in [1.165, 1.54) is 12.8 Å². The number of nitrogens with one attached hydrogen (secondary N) is 2. The first kappa shape index (κ1) is 21.2. The van der Waals surface area contributed by atoms with Crippen LogP contribution in [-0.2, 0) is 9.59 Å². The van der Waals surface area contributed by atoms with Gasteiger partial charge in [0.05, 0.1) is 12.5 Å². The maximum atomic E-state index is 12.2. The third-order valence-electron chi connectivity index (χ3n) is 5.07. The highest BCUT2D eigenvalue weighted by atomic mass is 35.5. The number of carbonyl (C=O) groups is 2. The Morgan fingerprint density at radius 3 is 2.54 bits per heavy atom. The summed E-state index contributed by atoms with van der Waals surface area (Å²) in [6.45, 7) is 5.25. The number of nitrogens with zero attached hydrogens (tertiary/aromatic N) is 1. The number of hydrogen-bond donors (Lipinski definition) is 3. The van der Waals surface area contributed by atoms with Crippen LogP contribution in [0.3, 0.4) is 0 Å². The van der Waals surface area contributed by atoms with Crippen molar-refractivity contribution in [3.05, 3.63) is 0 Å². The van der Waals surface area contributed by atoms with Gasteiger partial charge in [0, 0.05) is 25.7 Å². The fourth-order valence-electron chi connectivity index (χ4n) is 3.63. The lowest BCUT2D eigenvalue weighted by Crippen LogP contribution is -2.48. The van der Waals surface area contributed by atoms with Crippen molar-refractivity contribution < 1.29 is 9.59 Å². The second-order valence-electron chi connectivity index (χ2n) is 7.18. The highest BCUT2D eigenvalue weighted by Gasteiger charge is 2.27. The Hall–Kier alpha value is -0.850. The average molecular weight is 361 g/mol. The molecule has 1 atom stereocenters. The first-order valence-electron chi connectivity index (χ1n) is 9.08. The van der Waals surface area contributed by atoms with Gasteiger partial charge in [-0.3, -0.25) is 14.5 Å². The molecule has 4 N–H and O–H groups in total. The summed E-state index contributed by atoms with van der Waals surface area (Å²) < 4.78 is 0. The molecule has 1 saturated carbocycles. The Bertz CT molecular complexity index is 400. The molecule has 24 heavy (non-hydrogen) atoms. The molecule has 2 aliphatic rings. The Kier molecular flexibility index (Phi) is 9.63. The molecule has 7 heteroatoms. The van der Waals surface area contributed by atoms with Crippen LogP contribution in [0.25, 0.3) is 0 Å². The minimum Gasteiger partial charge on any atom is -0.355 e. The van der Waals surface area contributed by atoms with E-state index in [1.54, 1.807) is 0 Å². The van der Waals surface area contributed by atoms with Crippen molar-refractivity contribution >= 4 is 24.2 Å². The van der Waals surface area contributed by atoms with Crippen molar-refractivity contribution in [2.45, 2.75) is 51.5 Å². The van der Waals surface area contributed by atoms with Crippen molar-refractivity contribution in [3.63, 3.8) is 0 Å². The van der Waals surface area contributed by atoms with E-state index >= 15 is 0 Å². The van der Waals surface area contributed by atoms with E-state index in [9.17, 15) is 9.59 Å². The minimum absolute atomic E-state index is 0. The Labute approximate surface area is 151 Å². The van der Waals surface area contributed by atoms with Crippen LogP contribution >= 0.6 is 12.4 Å². The van der Waals surface area contributed by atoms with Crippen molar-refractivity contribution in [2.24, 2.45) is 17.6 Å². The van der Waals surface area contributed by atoms with Crippen LogP contribution in [0.4, 0.5) is 0 Å². The molecular formula is C17H33ClN4O2. The molecular weight excluding hydrogens is 328 g/mol. The molecule has 2 fully saturated rings. The van der Waals surface area contributed by atoms with E-state index in [0.29, 0.717) is 32.2 Å². The molecule has 0 aromatic rings. The van der Waals surface area contributed by atoms with E-state index < -0.39 is 0 Å². The van der Waals surface area contributed by atoms with Gasteiger partial charge in [0.2, 0.25) is 11.8 Å². The van der Waals surface area contributed by atoms with Gasteiger partial charge >= 0.3 is 0 Å². The lowest BCUT2D eigenvalue weighted by molar-refractivity contribution is -0.129. The van der Waals surface area contributed by atoms with Gasteiger partial charge < -0.3 is 16.4 Å². The zero-order valence-corrected chi connectivity index (χ0v) is 15.6. The number of hydrogen-bond acceptors (Lipinski definition) is 4. The predicted octanol–water partition coefficient (Wildman–Crippen LogP) is 0.890. The van der Waals surface area contributed by atoms with Crippen LogP contribution in [0.15, 0.2) is 0 Å². The van der Waals surface area contributed by atoms with E-state index in [-0.39, 0.29) is 30.1 Å². The number of rotatable bonds is 6. The zero-order chi connectivity index (χ0) is 16.7. The van der Waals surface area contributed by atoms with Crippen LogP contribution < -0.4 is 16.4 Å². The van der Waals surface area contributed by atoms with Gasteiger partial charge in [-0.05, 0) is 51.0 Å². The number of amides is 2. The monoisotopic (exact) mass is 360 g/mol. The van der Waals surface area contributed by atoms with Crippen molar-refractivity contribution in [1.29, 1.82) is 0 Å². The third kappa shape index (κ3) is 6.95. The number of halogens is 1. The molecule has 1 aliphatic carbocycles. The largest absolute Gasteiger partial charge is 0.355 e. The molecule has 1 heterocycles. The van der Waals surface area contributed by atoms with Gasteiger partial charge in [-0.2, -0.15) is 0 Å². The molecule has 0 spiro atoms. The molecule has 0 bridgehead atoms. The molecule has 0 aromatic carbocycles. The Morgan fingerprint density at radius 1 is 1.17 bits per heavy atom. The normalized spacial score (nSPS) is 27.8. The molecule has 0 aromatic heterocycles. The molecule has 140 valence electrons. The smallest absolute Gasteiger partial charge is 0.234 e. The van der Waals surface area contributed by atoms with Crippen LogP contribution in [0.2, 0.25) is 0 Å². The van der Waals surface area contributed by atoms with Crippen molar-refractivity contribution in [1.82, 2.24) is 15.5 Å². The van der Waals surface area contributed by atoms with Gasteiger partial charge in [-0.15, -0.1) is 12.4 Å². The van der Waals surface area contributed by atoms with Gasteiger partial charge in [0.1, 0.15) is 0 Å². The van der Waals surface area contributed by atoms with E-state index in [0.717, 1.165) is 38.1 Å². The van der Waals surface area contributed by atoms with Crippen LogP contribution in [0, 0.1) is 11.8 Å². The highest BCUT2D eigenvalue weighted by Crippen LogP contribution is 2.23. The molecule has 6 nitrogen and oxygen atoms in total. The van der Waals surface area contributed by atoms with Gasteiger partial charge in [0.25, 0.3) is 0 Å². The summed E-state index contributed by atoms with van der Waals surface area (Å²) >= 11 is 0. The molecule has 1 aliphatic heterocycles. The summed E-state index contributed by atoms with van der Waals surface area (Å²) in [5, 5.41) is 6.02. The summed E-state index contributed by atoms with van der Waals surface area (Å²) in [5.74, 6) is 0.950.